The molecule has 0 aliphatic carbocycles. The molecule has 3 nitrogen and oxygen atoms in total. The highest BCUT2D eigenvalue weighted by Crippen LogP contribution is 2.32. The van der Waals surface area contributed by atoms with Crippen LogP contribution in [0.15, 0.2) is 24.3 Å². The van der Waals surface area contributed by atoms with Crippen LogP contribution in [0.3, 0.4) is 0 Å². The predicted molar refractivity (Wildman–Crippen MR) is 76.3 cm³/mol. The van der Waals surface area contributed by atoms with Crippen LogP contribution in [0.4, 0.5) is 0 Å². The first-order valence-corrected chi connectivity index (χ1v) is 6.82. The van der Waals surface area contributed by atoms with Gasteiger partial charge in [-0.1, -0.05) is 45.0 Å². The van der Waals surface area contributed by atoms with Gasteiger partial charge in [0.15, 0.2) is 0 Å². The maximum Gasteiger partial charge on any atom is 0.310 e. The molecule has 1 N–H and O–H groups in total. The molecule has 2 rings (SSSR count). The number of carbonyl (C=O) groups is 1. The second-order valence-corrected chi connectivity index (χ2v) is 6.27. The van der Waals surface area contributed by atoms with Gasteiger partial charge in [-0.15, -0.1) is 0 Å². The van der Waals surface area contributed by atoms with Crippen LogP contribution in [0, 0.1) is 5.92 Å². The Bertz CT molecular complexity index is 462. The Balaban J connectivity index is 2.29. The third-order valence-corrected chi connectivity index (χ3v) is 3.90. The predicted octanol–water partition coefficient (Wildman–Crippen LogP) is 2.46. The van der Waals surface area contributed by atoms with E-state index in [9.17, 15) is 4.79 Å². The summed E-state index contributed by atoms with van der Waals surface area (Å²) in [6, 6.07) is 8.58. The molecule has 104 valence electrons. The second-order valence-electron chi connectivity index (χ2n) is 6.27. The zero-order chi connectivity index (χ0) is 14.0. The van der Waals surface area contributed by atoms with E-state index in [1.165, 1.54) is 18.2 Å². The summed E-state index contributed by atoms with van der Waals surface area (Å²) in [5.74, 6) is 0.0335. The first-order valence-electron chi connectivity index (χ1n) is 6.82. The molecule has 1 aliphatic rings. The monoisotopic (exact) mass is 261 g/mol. The molecule has 0 radical (unpaired) electrons. The Morgan fingerprint density at radius 1 is 1.32 bits per heavy atom. The highest BCUT2D eigenvalue weighted by atomic mass is 16.5. The van der Waals surface area contributed by atoms with Gasteiger partial charge < -0.3 is 10.1 Å². The molecular weight excluding hydrogens is 238 g/mol. The maximum absolute atomic E-state index is 11.8. The summed E-state index contributed by atoms with van der Waals surface area (Å²) in [6.45, 7) is 8.16. The smallest absolute Gasteiger partial charge is 0.310 e. The summed E-state index contributed by atoms with van der Waals surface area (Å²) < 4.78 is 4.90. The van der Waals surface area contributed by atoms with Gasteiger partial charge in [0.25, 0.3) is 0 Å². The highest BCUT2D eigenvalue weighted by molar-refractivity contribution is 5.74. The molecule has 1 aromatic carbocycles. The number of hydrogen-bond donors (Lipinski definition) is 1. The third-order valence-electron chi connectivity index (χ3n) is 3.90. The van der Waals surface area contributed by atoms with Crippen molar-refractivity contribution in [2.75, 3.05) is 20.2 Å². The number of benzene rings is 1. The molecule has 1 fully saturated rings. The second kappa shape index (κ2) is 5.33. The molecule has 0 aromatic heterocycles. The molecule has 0 bridgehead atoms. The molecule has 2 atom stereocenters. The Morgan fingerprint density at radius 2 is 2.05 bits per heavy atom. The molecule has 0 spiro atoms. The fourth-order valence-corrected chi connectivity index (χ4v) is 2.66. The van der Waals surface area contributed by atoms with Crippen LogP contribution in [0.5, 0.6) is 0 Å². The molecule has 0 amide bonds. The molecular formula is C16H23NO2. The van der Waals surface area contributed by atoms with Gasteiger partial charge in [0.2, 0.25) is 0 Å². The van der Waals surface area contributed by atoms with Crippen molar-refractivity contribution in [2.45, 2.75) is 32.1 Å². The molecule has 1 aliphatic heterocycles. The van der Waals surface area contributed by atoms with Crippen molar-refractivity contribution in [3.63, 3.8) is 0 Å². The number of hydrogen-bond acceptors (Lipinski definition) is 3. The summed E-state index contributed by atoms with van der Waals surface area (Å²) in [5, 5.41) is 3.29. The van der Waals surface area contributed by atoms with Crippen LogP contribution >= 0.6 is 0 Å². The Kier molecular flexibility index (Phi) is 3.95. The van der Waals surface area contributed by atoms with Crippen LogP contribution in [0.2, 0.25) is 0 Å². The van der Waals surface area contributed by atoms with E-state index in [0.29, 0.717) is 6.54 Å². The van der Waals surface area contributed by atoms with Gasteiger partial charge in [0.1, 0.15) is 0 Å². The molecule has 19 heavy (non-hydrogen) atoms. The minimum absolute atomic E-state index is 0.0692. The summed E-state index contributed by atoms with van der Waals surface area (Å²) >= 11 is 0. The van der Waals surface area contributed by atoms with E-state index in [0.717, 1.165) is 6.54 Å². The Hall–Kier alpha value is -1.35. The minimum Gasteiger partial charge on any atom is -0.469 e. The van der Waals surface area contributed by atoms with Crippen molar-refractivity contribution in [1.29, 1.82) is 0 Å². The molecule has 3 heteroatoms. The first-order chi connectivity index (χ1) is 8.93. The maximum atomic E-state index is 11.8. The van der Waals surface area contributed by atoms with E-state index < -0.39 is 0 Å². The van der Waals surface area contributed by atoms with Crippen LogP contribution < -0.4 is 5.32 Å². The Morgan fingerprint density at radius 3 is 2.68 bits per heavy atom. The van der Waals surface area contributed by atoms with Crippen molar-refractivity contribution in [1.82, 2.24) is 5.32 Å². The topological polar surface area (TPSA) is 38.3 Å². The lowest BCUT2D eigenvalue weighted by Crippen LogP contribution is -2.23. The van der Waals surface area contributed by atoms with E-state index in [1.807, 2.05) is 0 Å². The van der Waals surface area contributed by atoms with E-state index in [1.54, 1.807) is 0 Å². The first kappa shape index (κ1) is 14.1. The number of esters is 1. The van der Waals surface area contributed by atoms with Crippen molar-refractivity contribution < 1.29 is 9.53 Å². The standard InChI is InChI=1S/C16H23NO2/c1-16(2,3)12-7-5-6-11(8-12)13-9-17-10-14(13)15(18)19-4/h5-8,13-14,17H,9-10H2,1-4H3. The van der Waals surface area contributed by atoms with Crippen molar-refractivity contribution in [3.05, 3.63) is 35.4 Å². The number of methoxy groups -OCH3 is 1. The quantitative estimate of drug-likeness (QED) is 0.831. The molecule has 1 saturated heterocycles. The number of nitrogens with one attached hydrogen (secondary N) is 1. The van der Waals surface area contributed by atoms with Gasteiger partial charge in [-0.3, -0.25) is 4.79 Å². The average Bonchev–Trinajstić information content (AvgIpc) is 2.86. The SMILES string of the molecule is COC(=O)C1CNCC1c1cccc(C(C)(C)C)c1. The van der Waals surface area contributed by atoms with Gasteiger partial charge in [0, 0.05) is 19.0 Å². The largest absolute Gasteiger partial charge is 0.469 e. The van der Waals surface area contributed by atoms with Gasteiger partial charge in [0.05, 0.1) is 13.0 Å². The van der Waals surface area contributed by atoms with Gasteiger partial charge in [-0.05, 0) is 16.5 Å². The van der Waals surface area contributed by atoms with Crippen LogP contribution in [-0.4, -0.2) is 26.2 Å². The third kappa shape index (κ3) is 2.98. The zero-order valence-electron chi connectivity index (χ0n) is 12.2. The molecule has 0 saturated carbocycles. The summed E-state index contributed by atoms with van der Waals surface area (Å²) in [6.07, 6.45) is 0. The molecule has 2 unspecified atom stereocenters. The van der Waals surface area contributed by atoms with Crippen LogP contribution in [-0.2, 0) is 14.9 Å². The number of rotatable bonds is 2. The normalized spacial score (nSPS) is 23.4. The zero-order valence-corrected chi connectivity index (χ0v) is 12.2. The van der Waals surface area contributed by atoms with E-state index in [-0.39, 0.29) is 23.2 Å². The number of carbonyl (C=O) groups excluding carboxylic acids is 1. The van der Waals surface area contributed by atoms with Gasteiger partial charge in [-0.2, -0.15) is 0 Å². The lowest BCUT2D eigenvalue weighted by atomic mass is 9.82. The van der Waals surface area contributed by atoms with Crippen molar-refractivity contribution >= 4 is 5.97 Å². The van der Waals surface area contributed by atoms with Crippen molar-refractivity contribution in [3.8, 4) is 0 Å². The van der Waals surface area contributed by atoms with E-state index in [2.05, 4.69) is 50.4 Å². The lowest BCUT2D eigenvalue weighted by Gasteiger charge is -2.22. The van der Waals surface area contributed by atoms with Gasteiger partial charge in [-0.25, -0.2) is 0 Å². The fraction of sp³-hybridized carbons (Fsp3) is 0.562. The van der Waals surface area contributed by atoms with Crippen molar-refractivity contribution in [2.24, 2.45) is 5.92 Å². The average molecular weight is 261 g/mol. The highest BCUT2D eigenvalue weighted by Gasteiger charge is 2.35. The Labute approximate surface area is 115 Å². The molecule has 1 aromatic rings. The number of ether oxygens (including phenoxy) is 1. The van der Waals surface area contributed by atoms with E-state index in [4.69, 9.17) is 4.74 Å². The van der Waals surface area contributed by atoms with Crippen LogP contribution in [0.25, 0.3) is 0 Å². The van der Waals surface area contributed by atoms with Gasteiger partial charge >= 0.3 is 5.97 Å². The molecule has 1 heterocycles. The van der Waals surface area contributed by atoms with E-state index >= 15 is 0 Å². The minimum atomic E-state index is -0.115. The fourth-order valence-electron chi connectivity index (χ4n) is 2.66. The summed E-state index contributed by atoms with van der Waals surface area (Å²) in [5.41, 5.74) is 2.66. The van der Waals surface area contributed by atoms with Crippen LogP contribution in [0.1, 0.15) is 37.8 Å². The lowest BCUT2D eigenvalue weighted by molar-refractivity contribution is -0.145. The summed E-state index contributed by atoms with van der Waals surface area (Å²) in [4.78, 5) is 11.8. The summed E-state index contributed by atoms with van der Waals surface area (Å²) in [7, 11) is 1.46.